The predicted molar refractivity (Wildman–Crippen MR) is 72.0 cm³/mol. The van der Waals surface area contributed by atoms with E-state index in [1.165, 1.54) is 24.3 Å². The Morgan fingerprint density at radius 3 is 2.45 bits per heavy atom. The maximum absolute atomic E-state index is 13.4. The Kier molecular flexibility index (Phi) is 4.30. The van der Waals surface area contributed by atoms with Gasteiger partial charge in [0.25, 0.3) is 0 Å². The summed E-state index contributed by atoms with van der Waals surface area (Å²) in [6, 6.07) is 10.1. The van der Waals surface area contributed by atoms with Gasteiger partial charge in [-0.25, -0.2) is 13.6 Å². The smallest absolute Gasteiger partial charge is 0.340 e. The zero-order valence-electron chi connectivity index (χ0n) is 10.6. The van der Waals surface area contributed by atoms with E-state index in [4.69, 9.17) is 5.11 Å². The van der Waals surface area contributed by atoms with E-state index < -0.39 is 11.8 Å². The molecule has 0 heterocycles. The van der Waals surface area contributed by atoms with Gasteiger partial charge >= 0.3 is 5.97 Å². The molecule has 2 aromatic carbocycles. The minimum Gasteiger partial charge on any atom is -0.478 e. The van der Waals surface area contributed by atoms with E-state index in [2.05, 4.69) is 5.32 Å². The van der Waals surface area contributed by atoms with Crippen LogP contribution in [-0.2, 0) is 6.42 Å². The molecular formula is C15H13F2NO2. The third kappa shape index (κ3) is 3.32. The van der Waals surface area contributed by atoms with E-state index in [0.29, 0.717) is 13.0 Å². The molecule has 0 fully saturated rings. The standard InChI is InChI=1S/C15H13F2NO2/c16-11-6-4-10(5-7-11)8-9-18-13-3-1-2-12(17)14(13)15(19)20/h1-7,18H,8-9H2,(H,19,20). The maximum Gasteiger partial charge on any atom is 0.340 e. The van der Waals surface area contributed by atoms with Crippen LogP contribution < -0.4 is 5.32 Å². The van der Waals surface area contributed by atoms with Crippen LogP contribution in [0.15, 0.2) is 42.5 Å². The van der Waals surface area contributed by atoms with E-state index in [1.807, 2.05) is 0 Å². The van der Waals surface area contributed by atoms with E-state index in [9.17, 15) is 13.6 Å². The Balaban J connectivity index is 2.02. The van der Waals surface area contributed by atoms with Crippen LogP contribution in [0.1, 0.15) is 15.9 Å². The number of hydrogen-bond acceptors (Lipinski definition) is 2. The number of aromatic carboxylic acids is 1. The van der Waals surface area contributed by atoms with Crippen molar-refractivity contribution in [2.24, 2.45) is 0 Å². The summed E-state index contributed by atoms with van der Waals surface area (Å²) in [5.41, 5.74) is 0.776. The van der Waals surface area contributed by atoms with E-state index in [0.717, 1.165) is 11.6 Å². The minimum atomic E-state index is -1.31. The SMILES string of the molecule is O=C(O)c1c(F)cccc1NCCc1ccc(F)cc1. The van der Waals surface area contributed by atoms with Gasteiger partial charge in [-0.05, 0) is 36.2 Å². The van der Waals surface area contributed by atoms with E-state index in [-0.39, 0.29) is 17.1 Å². The summed E-state index contributed by atoms with van der Waals surface area (Å²) in [4.78, 5) is 11.0. The Morgan fingerprint density at radius 2 is 1.80 bits per heavy atom. The average Bonchev–Trinajstić information content (AvgIpc) is 2.40. The molecule has 5 heteroatoms. The van der Waals surface area contributed by atoms with Gasteiger partial charge in [0.1, 0.15) is 17.2 Å². The summed E-state index contributed by atoms with van der Waals surface area (Å²) < 4.78 is 26.2. The summed E-state index contributed by atoms with van der Waals surface area (Å²) in [5, 5.41) is 11.9. The van der Waals surface area contributed by atoms with E-state index in [1.54, 1.807) is 12.1 Å². The molecule has 0 radical (unpaired) electrons. The van der Waals surface area contributed by atoms with Crippen LogP contribution in [0.3, 0.4) is 0 Å². The van der Waals surface area contributed by atoms with Crippen LogP contribution in [0, 0.1) is 11.6 Å². The van der Waals surface area contributed by atoms with Crippen molar-refractivity contribution in [3.63, 3.8) is 0 Å². The molecule has 0 amide bonds. The van der Waals surface area contributed by atoms with Gasteiger partial charge in [0.05, 0.1) is 5.69 Å². The first-order valence-electron chi connectivity index (χ1n) is 6.08. The van der Waals surface area contributed by atoms with Crippen LogP contribution in [0.5, 0.6) is 0 Å². The summed E-state index contributed by atoms with van der Waals surface area (Å²) >= 11 is 0. The van der Waals surface area contributed by atoms with Crippen LogP contribution in [0.4, 0.5) is 14.5 Å². The Bertz CT molecular complexity index is 612. The number of carboxylic acid groups (broad SMARTS) is 1. The Morgan fingerprint density at radius 1 is 1.10 bits per heavy atom. The fourth-order valence-corrected chi connectivity index (χ4v) is 1.88. The largest absolute Gasteiger partial charge is 0.478 e. The fraction of sp³-hybridized carbons (Fsp3) is 0.133. The molecule has 0 aromatic heterocycles. The molecule has 0 aliphatic carbocycles. The molecular weight excluding hydrogens is 264 g/mol. The third-order valence-electron chi connectivity index (χ3n) is 2.87. The van der Waals surface area contributed by atoms with Crippen molar-refractivity contribution in [3.8, 4) is 0 Å². The highest BCUT2D eigenvalue weighted by Gasteiger charge is 2.14. The minimum absolute atomic E-state index is 0.236. The molecule has 0 bridgehead atoms. The van der Waals surface area contributed by atoms with Gasteiger partial charge in [-0.2, -0.15) is 0 Å². The summed E-state index contributed by atoms with van der Waals surface area (Å²) in [5.74, 6) is -2.39. The van der Waals surface area contributed by atoms with Gasteiger partial charge in [-0.3, -0.25) is 0 Å². The number of rotatable bonds is 5. The molecule has 0 aliphatic heterocycles. The second-order valence-electron chi connectivity index (χ2n) is 4.27. The lowest BCUT2D eigenvalue weighted by Crippen LogP contribution is -2.11. The Hall–Kier alpha value is -2.43. The van der Waals surface area contributed by atoms with Crippen molar-refractivity contribution in [1.29, 1.82) is 0 Å². The molecule has 3 nitrogen and oxygen atoms in total. The lowest BCUT2D eigenvalue weighted by atomic mass is 10.1. The number of halogens is 2. The van der Waals surface area contributed by atoms with Crippen LogP contribution in [-0.4, -0.2) is 17.6 Å². The molecule has 2 rings (SSSR count). The number of carboxylic acids is 1. The number of benzene rings is 2. The molecule has 104 valence electrons. The van der Waals surface area contributed by atoms with E-state index >= 15 is 0 Å². The summed E-state index contributed by atoms with van der Waals surface area (Å²) in [6.45, 7) is 0.426. The van der Waals surface area contributed by atoms with Crippen molar-refractivity contribution in [2.75, 3.05) is 11.9 Å². The number of carbonyl (C=O) groups is 1. The molecule has 2 N–H and O–H groups in total. The highest BCUT2D eigenvalue weighted by Crippen LogP contribution is 2.19. The van der Waals surface area contributed by atoms with Crippen molar-refractivity contribution < 1.29 is 18.7 Å². The first-order valence-corrected chi connectivity index (χ1v) is 6.08. The topological polar surface area (TPSA) is 49.3 Å². The molecule has 0 atom stereocenters. The molecule has 0 spiro atoms. The molecule has 20 heavy (non-hydrogen) atoms. The van der Waals surface area contributed by atoms with Gasteiger partial charge in [0.2, 0.25) is 0 Å². The highest BCUT2D eigenvalue weighted by molar-refractivity contribution is 5.94. The van der Waals surface area contributed by atoms with Gasteiger partial charge in [0, 0.05) is 6.54 Å². The molecule has 2 aromatic rings. The van der Waals surface area contributed by atoms with Crippen molar-refractivity contribution in [1.82, 2.24) is 0 Å². The third-order valence-corrected chi connectivity index (χ3v) is 2.87. The second kappa shape index (κ2) is 6.14. The predicted octanol–water partition coefficient (Wildman–Crippen LogP) is 3.32. The highest BCUT2D eigenvalue weighted by atomic mass is 19.1. The number of hydrogen-bond donors (Lipinski definition) is 2. The molecule has 0 aliphatic rings. The van der Waals surface area contributed by atoms with Crippen molar-refractivity contribution in [3.05, 3.63) is 65.2 Å². The van der Waals surface area contributed by atoms with Crippen LogP contribution in [0.2, 0.25) is 0 Å². The number of nitrogens with one attached hydrogen (secondary N) is 1. The average molecular weight is 277 g/mol. The summed E-state index contributed by atoms with van der Waals surface area (Å²) in [6.07, 6.45) is 0.579. The lowest BCUT2D eigenvalue weighted by Gasteiger charge is -2.10. The van der Waals surface area contributed by atoms with Crippen LogP contribution in [0.25, 0.3) is 0 Å². The molecule has 0 saturated heterocycles. The molecule has 0 saturated carbocycles. The zero-order valence-corrected chi connectivity index (χ0v) is 10.6. The fourth-order valence-electron chi connectivity index (χ4n) is 1.88. The van der Waals surface area contributed by atoms with Gasteiger partial charge in [-0.1, -0.05) is 18.2 Å². The molecule has 0 unspecified atom stereocenters. The Labute approximate surface area is 114 Å². The van der Waals surface area contributed by atoms with Gasteiger partial charge in [-0.15, -0.1) is 0 Å². The zero-order chi connectivity index (χ0) is 14.5. The number of anilines is 1. The first kappa shape index (κ1) is 14.0. The van der Waals surface area contributed by atoms with Crippen LogP contribution >= 0.6 is 0 Å². The van der Waals surface area contributed by atoms with Crippen molar-refractivity contribution in [2.45, 2.75) is 6.42 Å². The lowest BCUT2D eigenvalue weighted by molar-refractivity contribution is 0.0693. The van der Waals surface area contributed by atoms with Crippen molar-refractivity contribution >= 4 is 11.7 Å². The first-order chi connectivity index (χ1) is 9.58. The summed E-state index contributed by atoms with van der Waals surface area (Å²) in [7, 11) is 0. The maximum atomic E-state index is 13.4. The quantitative estimate of drug-likeness (QED) is 0.881. The van der Waals surface area contributed by atoms with Gasteiger partial charge in [0.15, 0.2) is 0 Å². The van der Waals surface area contributed by atoms with Gasteiger partial charge < -0.3 is 10.4 Å². The normalized spacial score (nSPS) is 10.3. The monoisotopic (exact) mass is 277 g/mol. The second-order valence-corrected chi connectivity index (χ2v) is 4.27.